The van der Waals surface area contributed by atoms with Gasteiger partial charge in [0.1, 0.15) is 10.4 Å². The van der Waals surface area contributed by atoms with Crippen molar-refractivity contribution in [2.45, 2.75) is 6.92 Å². The molecule has 0 aliphatic carbocycles. The second-order valence-electron chi connectivity index (χ2n) is 3.95. The number of hydrogen-bond donors (Lipinski definition) is 2. The summed E-state index contributed by atoms with van der Waals surface area (Å²) in [4.78, 5) is 16.2. The Bertz CT molecular complexity index is 646. The van der Waals surface area contributed by atoms with Crippen LogP contribution in [0, 0.1) is 12.7 Å². The second-order valence-corrected chi connectivity index (χ2v) is 4.77. The fraction of sp³-hybridized carbons (Fsp3) is 0.0769. The van der Waals surface area contributed by atoms with E-state index in [1.54, 1.807) is 19.1 Å². The molecule has 2 rings (SSSR count). The number of nitrogens with two attached hydrogens (primary N) is 1. The number of carbonyl (C=O) groups is 1. The molecule has 3 N–H and O–H groups in total. The van der Waals surface area contributed by atoms with Gasteiger partial charge in [-0.25, -0.2) is 9.37 Å². The SMILES string of the molecule is Cc1nc(Br)ccc1NC(=O)c1cc(F)ccc1N. The average molecular weight is 324 g/mol. The second kappa shape index (κ2) is 5.36. The first kappa shape index (κ1) is 13.5. The van der Waals surface area contributed by atoms with Gasteiger partial charge in [-0.1, -0.05) is 0 Å². The lowest BCUT2D eigenvalue weighted by Gasteiger charge is -2.09. The number of hydrogen-bond acceptors (Lipinski definition) is 3. The van der Waals surface area contributed by atoms with Gasteiger partial charge in [0.15, 0.2) is 0 Å². The molecule has 4 nitrogen and oxygen atoms in total. The molecule has 0 aliphatic heterocycles. The Balaban J connectivity index is 2.28. The number of aromatic nitrogens is 1. The summed E-state index contributed by atoms with van der Waals surface area (Å²) in [5.41, 5.74) is 7.18. The zero-order valence-corrected chi connectivity index (χ0v) is 11.7. The van der Waals surface area contributed by atoms with Crippen LogP contribution in [0.3, 0.4) is 0 Å². The van der Waals surface area contributed by atoms with Crippen LogP contribution < -0.4 is 11.1 Å². The van der Waals surface area contributed by atoms with Crippen molar-refractivity contribution >= 4 is 33.2 Å². The largest absolute Gasteiger partial charge is 0.398 e. The van der Waals surface area contributed by atoms with Crippen molar-refractivity contribution < 1.29 is 9.18 Å². The maximum absolute atomic E-state index is 13.1. The van der Waals surface area contributed by atoms with Crippen LogP contribution in [-0.2, 0) is 0 Å². The third kappa shape index (κ3) is 3.08. The van der Waals surface area contributed by atoms with Crippen LogP contribution in [0.15, 0.2) is 34.9 Å². The van der Waals surface area contributed by atoms with E-state index in [9.17, 15) is 9.18 Å². The molecule has 1 amide bonds. The molecule has 0 spiro atoms. The lowest BCUT2D eigenvalue weighted by atomic mass is 10.1. The monoisotopic (exact) mass is 323 g/mol. The number of carbonyl (C=O) groups excluding carboxylic acids is 1. The number of nitrogens with one attached hydrogen (secondary N) is 1. The standard InChI is InChI=1S/C13H11BrFN3O/c1-7-11(4-5-12(14)17-7)18-13(19)9-6-8(15)2-3-10(9)16/h2-6H,16H2,1H3,(H,18,19). The minimum atomic E-state index is -0.509. The predicted octanol–water partition coefficient (Wildman–Crippen LogP) is 3.13. The molecule has 0 atom stereocenters. The molecule has 0 unspecified atom stereocenters. The maximum atomic E-state index is 13.1. The molecular formula is C13H11BrFN3O. The van der Waals surface area contributed by atoms with Gasteiger partial charge in [-0.2, -0.15) is 0 Å². The number of rotatable bonds is 2. The fourth-order valence-electron chi connectivity index (χ4n) is 1.58. The number of amides is 1. The van der Waals surface area contributed by atoms with Gasteiger partial charge in [0.25, 0.3) is 5.91 Å². The topological polar surface area (TPSA) is 68.0 Å². The summed E-state index contributed by atoms with van der Waals surface area (Å²) in [6, 6.07) is 7.08. The molecule has 0 aliphatic rings. The van der Waals surface area contributed by atoms with E-state index in [1.165, 1.54) is 12.1 Å². The van der Waals surface area contributed by atoms with Crippen LogP contribution in [0.1, 0.15) is 16.1 Å². The Morgan fingerprint density at radius 1 is 1.37 bits per heavy atom. The molecule has 0 saturated heterocycles. The summed E-state index contributed by atoms with van der Waals surface area (Å²) in [7, 11) is 0. The fourth-order valence-corrected chi connectivity index (χ4v) is 1.98. The van der Waals surface area contributed by atoms with Crippen molar-refractivity contribution in [1.82, 2.24) is 4.98 Å². The van der Waals surface area contributed by atoms with E-state index in [1.807, 2.05) is 0 Å². The Morgan fingerprint density at radius 2 is 2.11 bits per heavy atom. The van der Waals surface area contributed by atoms with Crippen molar-refractivity contribution in [3.05, 3.63) is 52.0 Å². The predicted molar refractivity (Wildman–Crippen MR) is 75.4 cm³/mol. The normalized spacial score (nSPS) is 10.3. The number of anilines is 2. The first-order valence-electron chi connectivity index (χ1n) is 5.47. The molecule has 0 bridgehead atoms. The van der Waals surface area contributed by atoms with Crippen LogP contribution in [-0.4, -0.2) is 10.9 Å². The summed E-state index contributed by atoms with van der Waals surface area (Å²) in [5.74, 6) is -0.978. The molecule has 0 radical (unpaired) electrons. The highest BCUT2D eigenvalue weighted by Crippen LogP contribution is 2.19. The Hall–Kier alpha value is -1.95. The van der Waals surface area contributed by atoms with Gasteiger partial charge < -0.3 is 11.1 Å². The van der Waals surface area contributed by atoms with E-state index < -0.39 is 11.7 Å². The molecule has 1 heterocycles. The van der Waals surface area contributed by atoms with Crippen LogP contribution in [0.2, 0.25) is 0 Å². The van der Waals surface area contributed by atoms with Crippen LogP contribution in [0.5, 0.6) is 0 Å². The lowest BCUT2D eigenvalue weighted by Crippen LogP contribution is -2.15. The van der Waals surface area contributed by atoms with Gasteiger partial charge in [0, 0.05) is 5.69 Å². The highest BCUT2D eigenvalue weighted by atomic mass is 79.9. The quantitative estimate of drug-likeness (QED) is 0.659. The van der Waals surface area contributed by atoms with E-state index in [2.05, 4.69) is 26.2 Å². The lowest BCUT2D eigenvalue weighted by molar-refractivity contribution is 0.102. The zero-order chi connectivity index (χ0) is 14.0. The molecule has 0 saturated carbocycles. The first-order chi connectivity index (χ1) is 8.97. The van der Waals surface area contributed by atoms with Gasteiger partial charge in [-0.3, -0.25) is 4.79 Å². The van der Waals surface area contributed by atoms with Crippen molar-refractivity contribution in [3.63, 3.8) is 0 Å². The summed E-state index contributed by atoms with van der Waals surface area (Å²) in [6.07, 6.45) is 0. The van der Waals surface area contributed by atoms with E-state index in [0.717, 1.165) is 6.07 Å². The van der Waals surface area contributed by atoms with Crippen LogP contribution in [0.25, 0.3) is 0 Å². The number of pyridine rings is 1. The minimum absolute atomic E-state index is 0.0994. The summed E-state index contributed by atoms with van der Waals surface area (Å²) in [5, 5.41) is 2.65. The summed E-state index contributed by atoms with van der Waals surface area (Å²) in [6.45, 7) is 1.76. The van der Waals surface area contributed by atoms with Gasteiger partial charge in [-0.15, -0.1) is 0 Å². The van der Waals surface area contributed by atoms with Gasteiger partial charge in [0.2, 0.25) is 0 Å². The highest BCUT2D eigenvalue weighted by Gasteiger charge is 2.12. The highest BCUT2D eigenvalue weighted by molar-refractivity contribution is 9.10. The summed E-state index contributed by atoms with van der Waals surface area (Å²) < 4.78 is 13.8. The Kier molecular flexibility index (Phi) is 3.80. The Morgan fingerprint density at radius 3 is 2.79 bits per heavy atom. The van der Waals surface area contributed by atoms with Crippen molar-refractivity contribution in [3.8, 4) is 0 Å². The number of nitrogen functional groups attached to an aromatic ring is 1. The molecular weight excluding hydrogens is 313 g/mol. The average Bonchev–Trinajstić information content (AvgIpc) is 2.35. The number of benzene rings is 1. The zero-order valence-electron chi connectivity index (χ0n) is 10.1. The van der Waals surface area contributed by atoms with E-state index in [4.69, 9.17) is 5.73 Å². The molecule has 98 valence electrons. The molecule has 0 fully saturated rings. The maximum Gasteiger partial charge on any atom is 0.257 e. The number of aryl methyl sites for hydroxylation is 1. The third-order valence-corrected chi connectivity index (χ3v) is 3.00. The molecule has 2 aromatic rings. The molecule has 6 heteroatoms. The summed E-state index contributed by atoms with van der Waals surface area (Å²) >= 11 is 3.24. The van der Waals surface area contributed by atoms with Crippen molar-refractivity contribution in [2.75, 3.05) is 11.1 Å². The van der Waals surface area contributed by atoms with Gasteiger partial charge in [0.05, 0.1) is 16.9 Å². The molecule has 1 aromatic carbocycles. The Labute approximate surface area is 118 Å². The first-order valence-corrected chi connectivity index (χ1v) is 6.26. The van der Waals surface area contributed by atoms with E-state index in [0.29, 0.717) is 16.0 Å². The molecule has 19 heavy (non-hydrogen) atoms. The van der Waals surface area contributed by atoms with Crippen molar-refractivity contribution in [1.29, 1.82) is 0 Å². The number of nitrogens with zero attached hydrogens (tertiary/aromatic N) is 1. The number of halogens is 2. The minimum Gasteiger partial charge on any atom is -0.398 e. The molecule has 1 aromatic heterocycles. The van der Waals surface area contributed by atoms with E-state index in [-0.39, 0.29) is 11.3 Å². The third-order valence-electron chi connectivity index (χ3n) is 2.56. The van der Waals surface area contributed by atoms with Crippen LogP contribution in [0.4, 0.5) is 15.8 Å². The smallest absolute Gasteiger partial charge is 0.257 e. The van der Waals surface area contributed by atoms with E-state index >= 15 is 0 Å². The van der Waals surface area contributed by atoms with Gasteiger partial charge >= 0.3 is 0 Å². The van der Waals surface area contributed by atoms with Crippen molar-refractivity contribution in [2.24, 2.45) is 0 Å². The van der Waals surface area contributed by atoms with Gasteiger partial charge in [-0.05, 0) is 53.2 Å². The van der Waals surface area contributed by atoms with Crippen LogP contribution >= 0.6 is 15.9 Å².